The van der Waals surface area contributed by atoms with E-state index in [1.165, 1.54) is 17.8 Å². The summed E-state index contributed by atoms with van der Waals surface area (Å²) in [5.74, 6) is -0.0341. The number of halogens is 2. The van der Waals surface area contributed by atoms with E-state index >= 15 is 0 Å². The lowest BCUT2D eigenvalue weighted by atomic mass is 10.1. The molecule has 0 unspecified atom stereocenters. The summed E-state index contributed by atoms with van der Waals surface area (Å²) in [6.45, 7) is 3.86. The summed E-state index contributed by atoms with van der Waals surface area (Å²) >= 11 is 1.31. The molecule has 19 heavy (non-hydrogen) atoms. The first-order chi connectivity index (χ1) is 9.10. The SMILES string of the molecule is CCCc1nc(S[C@H](C)c2cc(F)ccc2F)n[nH]1. The summed E-state index contributed by atoms with van der Waals surface area (Å²) in [6, 6.07) is 3.47. The Bertz CT molecular complexity index is 557. The monoisotopic (exact) mass is 283 g/mol. The van der Waals surface area contributed by atoms with Gasteiger partial charge >= 0.3 is 0 Å². The minimum Gasteiger partial charge on any atom is -0.262 e. The number of aryl methyl sites for hydroxylation is 1. The van der Waals surface area contributed by atoms with Gasteiger partial charge in [0.05, 0.1) is 0 Å². The van der Waals surface area contributed by atoms with E-state index < -0.39 is 11.6 Å². The third-order valence-electron chi connectivity index (χ3n) is 2.68. The van der Waals surface area contributed by atoms with Crippen molar-refractivity contribution in [1.82, 2.24) is 15.2 Å². The lowest BCUT2D eigenvalue weighted by Crippen LogP contribution is -1.95. The number of hydrogen-bond donors (Lipinski definition) is 1. The predicted octanol–water partition coefficient (Wildman–Crippen LogP) is 3.89. The van der Waals surface area contributed by atoms with Crippen LogP contribution in [-0.4, -0.2) is 15.2 Å². The van der Waals surface area contributed by atoms with Crippen molar-refractivity contribution in [2.24, 2.45) is 0 Å². The second-order valence-corrected chi connectivity index (χ2v) is 5.55. The molecular weight excluding hydrogens is 268 g/mol. The average molecular weight is 283 g/mol. The number of rotatable bonds is 5. The lowest BCUT2D eigenvalue weighted by molar-refractivity contribution is 0.586. The molecule has 0 aliphatic carbocycles. The fourth-order valence-corrected chi connectivity index (χ4v) is 2.61. The van der Waals surface area contributed by atoms with Crippen LogP contribution in [0.1, 0.15) is 36.9 Å². The predicted molar refractivity (Wildman–Crippen MR) is 71.0 cm³/mol. The van der Waals surface area contributed by atoms with E-state index in [9.17, 15) is 8.78 Å². The maximum Gasteiger partial charge on any atom is 0.209 e. The molecule has 1 atom stereocenters. The third-order valence-corrected chi connectivity index (χ3v) is 3.68. The Balaban J connectivity index is 2.11. The summed E-state index contributed by atoms with van der Waals surface area (Å²) in [6.07, 6.45) is 1.81. The lowest BCUT2D eigenvalue weighted by Gasteiger charge is -2.10. The largest absolute Gasteiger partial charge is 0.262 e. The smallest absolute Gasteiger partial charge is 0.209 e. The van der Waals surface area contributed by atoms with Crippen LogP contribution < -0.4 is 0 Å². The van der Waals surface area contributed by atoms with Gasteiger partial charge in [0.25, 0.3) is 0 Å². The fraction of sp³-hybridized carbons (Fsp3) is 0.385. The molecule has 0 fully saturated rings. The molecule has 2 aromatic rings. The van der Waals surface area contributed by atoms with E-state index in [1.54, 1.807) is 6.92 Å². The van der Waals surface area contributed by atoms with Crippen molar-refractivity contribution in [1.29, 1.82) is 0 Å². The highest BCUT2D eigenvalue weighted by molar-refractivity contribution is 7.99. The number of hydrogen-bond acceptors (Lipinski definition) is 3. The summed E-state index contributed by atoms with van der Waals surface area (Å²) in [5, 5.41) is 7.21. The van der Waals surface area contributed by atoms with Crippen molar-refractivity contribution < 1.29 is 8.78 Å². The molecule has 0 amide bonds. The van der Waals surface area contributed by atoms with Crippen molar-refractivity contribution >= 4 is 11.8 Å². The summed E-state index contributed by atoms with van der Waals surface area (Å²) in [4.78, 5) is 4.30. The molecule has 102 valence electrons. The second kappa shape index (κ2) is 6.14. The normalized spacial score (nSPS) is 12.6. The van der Waals surface area contributed by atoms with Gasteiger partial charge in [0, 0.05) is 17.2 Å². The van der Waals surface area contributed by atoms with Gasteiger partial charge < -0.3 is 0 Å². The van der Waals surface area contributed by atoms with Crippen LogP contribution >= 0.6 is 11.8 Å². The van der Waals surface area contributed by atoms with Gasteiger partial charge in [-0.3, -0.25) is 5.10 Å². The van der Waals surface area contributed by atoms with Crippen LogP contribution in [0.2, 0.25) is 0 Å². The van der Waals surface area contributed by atoms with Crippen LogP contribution in [0.25, 0.3) is 0 Å². The summed E-state index contributed by atoms with van der Waals surface area (Å²) in [7, 11) is 0. The minimum absolute atomic E-state index is 0.249. The molecule has 0 aliphatic rings. The number of thioether (sulfide) groups is 1. The Morgan fingerprint density at radius 2 is 2.16 bits per heavy atom. The van der Waals surface area contributed by atoms with Crippen molar-refractivity contribution in [2.75, 3.05) is 0 Å². The van der Waals surface area contributed by atoms with Gasteiger partial charge in [-0.1, -0.05) is 18.7 Å². The first-order valence-electron chi connectivity index (χ1n) is 6.13. The highest BCUT2D eigenvalue weighted by atomic mass is 32.2. The molecular formula is C13H15F2N3S. The summed E-state index contributed by atoms with van der Waals surface area (Å²) < 4.78 is 26.8. The van der Waals surface area contributed by atoms with E-state index in [2.05, 4.69) is 22.1 Å². The second-order valence-electron chi connectivity index (χ2n) is 4.24. The number of nitrogens with one attached hydrogen (secondary N) is 1. The summed E-state index contributed by atoms with van der Waals surface area (Å²) in [5.41, 5.74) is 0.326. The first kappa shape index (κ1) is 14.0. The van der Waals surface area contributed by atoms with E-state index in [4.69, 9.17) is 0 Å². The van der Waals surface area contributed by atoms with Gasteiger partial charge in [-0.2, -0.15) is 0 Å². The zero-order valence-corrected chi connectivity index (χ0v) is 11.6. The molecule has 1 heterocycles. The molecule has 2 rings (SSSR count). The Morgan fingerprint density at radius 1 is 1.37 bits per heavy atom. The van der Waals surface area contributed by atoms with Gasteiger partial charge in [-0.15, -0.1) is 5.10 Å². The molecule has 0 saturated carbocycles. The average Bonchev–Trinajstić information content (AvgIpc) is 2.80. The number of nitrogens with zero attached hydrogens (tertiary/aromatic N) is 2. The molecule has 0 bridgehead atoms. The molecule has 0 spiro atoms. The van der Waals surface area contributed by atoms with E-state index in [0.29, 0.717) is 10.7 Å². The Kier molecular flexibility index (Phi) is 4.52. The highest BCUT2D eigenvalue weighted by Crippen LogP contribution is 2.34. The van der Waals surface area contributed by atoms with Crippen molar-refractivity contribution in [3.8, 4) is 0 Å². The van der Waals surface area contributed by atoms with Gasteiger partial charge in [0.15, 0.2) is 0 Å². The molecule has 3 nitrogen and oxygen atoms in total. The maximum atomic E-state index is 13.6. The van der Waals surface area contributed by atoms with E-state index in [1.807, 2.05) is 0 Å². The number of aromatic nitrogens is 3. The maximum absolute atomic E-state index is 13.6. The van der Waals surface area contributed by atoms with Gasteiger partial charge in [-0.05, 0) is 31.5 Å². The van der Waals surface area contributed by atoms with Crippen LogP contribution in [0.5, 0.6) is 0 Å². The van der Waals surface area contributed by atoms with E-state index in [-0.39, 0.29) is 5.25 Å². The van der Waals surface area contributed by atoms with Gasteiger partial charge in [0.1, 0.15) is 17.5 Å². The van der Waals surface area contributed by atoms with Crippen LogP contribution in [-0.2, 0) is 6.42 Å². The van der Waals surface area contributed by atoms with Crippen LogP contribution in [0.15, 0.2) is 23.4 Å². The van der Waals surface area contributed by atoms with Gasteiger partial charge in [-0.25, -0.2) is 13.8 Å². The molecule has 0 aliphatic heterocycles. The Hall–Kier alpha value is -1.43. The van der Waals surface area contributed by atoms with Crippen molar-refractivity contribution in [3.63, 3.8) is 0 Å². The zero-order valence-electron chi connectivity index (χ0n) is 10.8. The standard InChI is InChI=1S/C13H15F2N3S/c1-3-4-12-16-13(18-17-12)19-8(2)10-7-9(14)5-6-11(10)15/h5-8H,3-4H2,1-2H3,(H,16,17,18)/t8-/m1/s1. The molecule has 1 aromatic carbocycles. The van der Waals surface area contributed by atoms with Crippen LogP contribution in [0.3, 0.4) is 0 Å². The van der Waals surface area contributed by atoms with E-state index in [0.717, 1.165) is 30.8 Å². The number of benzene rings is 1. The minimum atomic E-state index is -0.439. The molecule has 6 heteroatoms. The molecule has 0 radical (unpaired) electrons. The molecule has 1 aromatic heterocycles. The zero-order chi connectivity index (χ0) is 13.8. The van der Waals surface area contributed by atoms with Gasteiger partial charge in [0.2, 0.25) is 5.16 Å². The third kappa shape index (κ3) is 3.53. The topological polar surface area (TPSA) is 41.6 Å². The quantitative estimate of drug-likeness (QED) is 0.846. The Labute approximate surface area is 114 Å². The molecule has 0 saturated heterocycles. The number of H-pyrrole nitrogens is 1. The van der Waals surface area contributed by atoms with Crippen LogP contribution in [0, 0.1) is 11.6 Å². The number of aromatic amines is 1. The highest BCUT2D eigenvalue weighted by Gasteiger charge is 2.15. The molecule has 1 N–H and O–H groups in total. The van der Waals surface area contributed by atoms with Crippen LogP contribution in [0.4, 0.5) is 8.78 Å². The fourth-order valence-electron chi connectivity index (χ4n) is 1.73. The Morgan fingerprint density at radius 3 is 2.89 bits per heavy atom. The van der Waals surface area contributed by atoms with Crippen molar-refractivity contribution in [2.45, 2.75) is 37.1 Å². The van der Waals surface area contributed by atoms with Crippen molar-refractivity contribution in [3.05, 3.63) is 41.2 Å². The first-order valence-corrected chi connectivity index (χ1v) is 7.01.